The Morgan fingerprint density at radius 1 is 1.38 bits per heavy atom. The van der Waals surface area contributed by atoms with Crippen LogP contribution in [0.2, 0.25) is 0 Å². The van der Waals surface area contributed by atoms with Crippen molar-refractivity contribution in [3.8, 4) is 11.4 Å². The van der Waals surface area contributed by atoms with Crippen LogP contribution in [0.5, 0.6) is 0 Å². The van der Waals surface area contributed by atoms with Crippen LogP contribution < -0.4 is 0 Å². The van der Waals surface area contributed by atoms with E-state index in [0.29, 0.717) is 29.7 Å². The summed E-state index contributed by atoms with van der Waals surface area (Å²) in [6.45, 7) is 7.06. The first kappa shape index (κ1) is 17.5. The number of carboxylic acid groups (broad SMARTS) is 1. The highest BCUT2D eigenvalue weighted by molar-refractivity contribution is 6.00. The molecule has 0 aliphatic heterocycles. The zero-order valence-electron chi connectivity index (χ0n) is 14.0. The number of carbonyl (C=O) groups is 3. The second-order valence-electron chi connectivity index (χ2n) is 6.29. The Labute approximate surface area is 139 Å². The van der Waals surface area contributed by atoms with Crippen LogP contribution in [0.4, 0.5) is 4.79 Å². The van der Waals surface area contributed by atoms with Crippen molar-refractivity contribution >= 4 is 18.3 Å². The van der Waals surface area contributed by atoms with Crippen molar-refractivity contribution in [2.45, 2.75) is 39.7 Å². The molecule has 7 nitrogen and oxygen atoms in total. The Morgan fingerprint density at radius 2 is 2.04 bits per heavy atom. The zero-order valence-corrected chi connectivity index (χ0v) is 14.0. The van der Waals surface area contributed by atoms with E-state index in [1.54, 1.807) is 39.8 Å². The molecule has 0 aromatic carbocycles. The Bertz CT molecular complexity index is 792. The van der Waals surface area contributed by atoms with Gasteiger partial charge in [-0.1, -0.05) is 6.92 Å². The highest BCUT2D eigenvalue weighted by atomic mass is 16.6. The van der Waals surface area contributed by atoms with E-state index in [2.05, 4.69) is 4.98 Å². The summed E-state index contributed by atoms with van der Waals surface area (Å²) < 4.78 is 6.64. The normalized spacial score (nSPS) is 11.3. The third-order valence-electron chi connectivity index (χ3n) is 3.41. The van der Waals surface area contributed by atoms with E-state index in [1.807, 2.05) is 0 Å². The van der Waals surface area contributed by atoms with Crippen LogP contribution in [0.25, 0.3) is 11.4 Å². The molecule has 2 N–H and O–H groups in total. The Hall–Kier alpha value is -2.83. The summed E-state index contributed by atoms with van der Waals surface area (Å²) in [7, 11) is 0. The third kappa shape index (κ3) is 3.24. The second-order valence-corrected chi connectivity index (χ2v) is 6.29. The number of aromatic amines is 1. The maximum atomic E-state index is 12.4. The molecule has 0 bridgehead atoms. The van der Waals surface area contributed by atoms with Crippen molar-refractivity contribution in [2.75, 3.05) is 0 Å². The van der Waals surface area contributed by atoms with E-state index < -0.39 is 17.7 Å². The van der Waals surface area contributed by atoms with Gasteiger partial charge in [0.25, 0.3) is 0 Å². The molecule has 2 heterocycles. The van der Waals surface area contributed by atoms with E-state index in [1.165, 1.54) is 10.8 Å². The summed E-state index contributed by atoms with van der Waals surface area (Å²) in [5, 5.41) is 9.37. The number of nitrogens with zero attached hydrogens (tertiary/aromatic N) is 1. The summed E-state index contributed by atoms with van der Waals surface area (Å²) in [5.41, 5.74) is 0.575. The van der Waals surface area contributed by atoms with Gasteiger partial charge in [-0.2, -0.15) is 0 Å². The van der Waals surface area contributed by atoms with Crippen LogP contribution in [0.1, 0.15) is 54.1 Å². The zero-order chi connectivity index (χ0) is 18.1. The molecule has 0 fully saturated rings. The SMILES string of the molecule is CCc1c(-c2cccn2C(=O)OC(C)(C)C)[nH]c(C=O)c1C(=O)O. The van der Waals surface area contributed by atoms with Crippen molar-refractivity contribution in [2.24, 2.45) is 0 Å². The number of aromatic carboxylic acids is 1. The van der Waals surface area contributed by atoms with Gasteiger partial charge in [0.05, 0.1) is 22.6 Å². The van der Waals surface area contributed by atoms with Gasteiger partial charge >= 0.3 is 12.1 Å². The van der Waals surface area contributed by atoms with Gasteiger partial charge in [-0.25, -0.2) is 9.59 Å². The molecule has 0 atom stereocenters. The van der Waals surface area contributed by atoms with Crippen LogP contribution in [-0.4, -0.2) is 38.6 Å². The molecule has 2 aromatic heterocycles. The van der Waals surface area contributed by atoms with Crippen LogP contribution in [-0.2, 0) is 11.2 Å². The number of hydrogen-bond donors (Lipinski definition) is 2. The molecule has 2 aromatic rings. The number of hydrogen-bond acceptors (Lipinski definition) is 4. The van der Waals surface area contributed by atoms with Crippen molar-refractivity contribution in [1.82, 2.24) is 9.55 Å². The summed E-state index contributed by atoms with van der Waals surface area (Å²) >= 11 is 0. The Kier molecular flexibility index (Phi) is 4.64. The summed E-state index contributed by atoms with van der Waals surface area (Å²) in [6, 6.07) is 3.32. The molecular weight excluding hydrogens is 312 g/mol. The summed E-state index contributed by atoms with van der Waals surface area (Å²) in [6.07, 6.45) is 1.81. The summed E-state index contributed by atoms with van der Waals surface area (Å²) in [4.78, 5) is 37.8. The molecule has 0 aliphatic rings. The first-order chi connectivity index (χ1) is 11.2. The minimum Gasteiger partial charge on any atom is -0.478 e. The number of rotatable bonds is 4. The third-order valence-corrected chi connectivity index (χ3v) is 3.41. The minimum absolute atomic E-state index is 0.0220. The number of aldehydes is 1. The van der Waals surface area contributed by atoms with Gasteiger partial charge in [-0.15, -0.1) is 0 Å². The molecule has 0 radical (unpaired) electrons. The standard InChI is InChI=1S/C17H20N2O5/c1-5-10-13(15(21)22)11(9-20)18-14(10)12-7-6-8-19(12)16(23)24-17(2,3)4/h6-9,18H,5H2,1-4H3,(H,21,22). The van der Waals surface area contributed by atoms with E-state index in [0.717, 1.165) is 0 Å². The number of aromatic nitrogens is 2. The molecule has 0 aliphatic carbocycles. The molecule has 0 saturated heterocycles. The van der Waals surface area contributed by atoms with Gasteiger partial charge < -0.3 is 14.8 Å². The lowest BCUT2D eigenvalue weighted by Crippen LogP contribution is -2.27. The van der Waals surface area contributed by atoms with Gasteiger partial charge in [0.15, 0.2) is 6.29 Å². The number of carboxylic acids is 1. The molecular formula is C17H20N2O5. The molecule has 0 saturated carbocycles. The lowest BCUT2D eigenvalue weighted by Gasteiger charge is -2.20. The fourth-order valence-electron chi connectivity index (χ4n) is 2.52. The van der Waals surface area contributed by atoms with Gasteiger partial charge in [0.1, 0.15) is 5.60 Å². The lowest BCUT2D eigenvalue weighted by molar-refractivity contribution is 0.0539. The number of nitrogens with one attached hydrogen (secondary N) is 1. The molecule has 0 unspecified atom stereocenters. The van der Waals surface area contributed by atoms with E-state index >= 15 is 0 Å². The Balaban J connectivity index is 2.59. The van der Waals surface area contributed by atoms with Gasteiger partial charge in [-0.05, 0) is 44.9 Å². The van der Waals surface area contributed by atoms with E-state index in [-0.39, 0.29) is 11.3 Å². The molecule has 0 amide bonds. The van der Waals surface area contributed by atoms with E-state index in [9.17, 15) is 19.5 Å². The van der Waals surface area contributed by atoms with Crippen molar-refractivity contribution in [3.63, 3.8) is 0 Å². The lowest BCUT2D eigenvalue weighted by atomic mass is 10.0. The quantitative estimate of drug-likeness (QED) is 0.836. The number of H-pyrrole nitrogens is 1. The highest BCUT2D eigenvalue weighted by Crippen LogP contribution is 2.29. The molecule has 2 rings (SSSR count). The topological polar surface area (TPSA) is 101 Å². The monoisotopic (exact) mass is 332 g/mol. The van der Waals surface area contributed by atoms with Gasteiger partial charge in [-0.3, -0.25) is 9.36 Å². The molecule has 24 heavy (non-hydrogen) atoms. The first-order valence-electron chi connectivity index (χ1n) is 7.54. The molecule has 7 heteroatoms. The highest BCUT2D eigenvalue weighted by Gasteiger charge is 2.26. The average Bonchev–Trinajstić information content (AvgIpc) is 3.08. The summed E-state index contributed by atoms with van der Waals surface area (Å²) in [5.74, 6) is -1.19. The smallest absolute Gasteiger partial charge is 0.419 e. The average molecular weight is 332 g/mol. The molecule has 0 spiro atoms. The van der Waals surface area contributed by atoms with Crippen LogP contribution in [0.15, 0.2) is 18.3 Å². The van der Waals surface area contributed by atoms with Gasteiger partial charge in [0.2, 0.25) is 0 Å². The maximum absolute atomic E-state index is 12.4. The van der Waals surface area contributed by atoms with Crippen LogP contribution in [0.3, 0.4) is 0 Å². The number of carbonyl (C=O) groups excluding carboxylic acids is 2. The van der Waals surface area contributed by atoms with Crippen molar-refractivity contribution < 1.29 is 24.2 Å². The second kappa shape index (κ2) is 6.35. The predicted octanol–water partition coefficient (Wildman–Crippen LogP) is 3.34. The Morgan fingerprint density at radius 3 is 2.54 bits per heavy atom. The number of ether oxygens (including phenoxy) is 1. The molecule has 128 valence electrons. The minimum atomic E-state index is -1.19. The maximum Gasteiger partial charge on any atom is 0.419 e. The van der Waals surface area contributed by atoms with Crippen molar-refractivity contribution in [1.29, 1.82) is 0 Å². The van der Waals surface area contributed by atoms with E-state index in [4.69, 9.17) is 4.74 Å². The predicted molar refractivity (Wildman–Crippen MR) is 87.6 cm³/mol. The fourth-order valence-corrected chi connectivity index (χ4v) is 2.52. The van der Waals surface area contributed by atoms with Gasteiger partial charge in [0, 0.05) is 6.20 Å². The fraction of sp³-hybridized carbons (Fsp3) is 0.353. The van der Waals surface area contributed by atoms with Crippen molar-refractivity contribution in [3.05, 3.63) is 35.2 Å². The largest absolute Gasteiger partial charge is 0.478 e. The van der Waals surface area contributed by atoms with Crippen LogP contribution in [0, 0.1) is 0 Å². The van der Waals surface area contributed by atoms with Crippen LogP contribution >= 0.6 is 0 Å². The first-order valence-corrected chi connectivity index (χ1v) is 7.54.